The van der Waals surface area contributed by atoms with E-state index < -0.39 is 9.05 Å². The van der Waals surface area contributed by atoms with Crippen LogP contribution in [0.15, 0.2) is 17.0 Å². The van der Waals surface area contributed by atoms with Crippen molar-refractivity contribution >= 4 is 31.4 Å². The molecule has 140 valence electrons. The molecule has 7 heteroatoms. The number of hydrogen-bond acceptors (Lipinski definition) is 5. The Morgan fingerprint density at radius 2 is 2.12 bits per heavy atom. The zero-order valence-electron chi connectivity index (χ0n) is 14.8. The Labute approximate surface area is 154 Å². The van der Waals surface area contributed by atoms with Crippen LogP contribution in [-0.4, -0.2) is 27.5 Å². The highest BCUT2D eigenvalue weighted by molar-refractivity contribution is 8.13. The fourth-order valence-corrected chi connectivity index (χ4v) is 4.35. The van der Waals surface area contributed by atoms with Gasteiger partial charge in [0, 0.05) is 23.6 Å². The van der Waals surface area contributed by atoms with E-state index in [4.69, 9.17) is 15.4 Å². The summed E-state index contributed by atoms with van der Waals surface area (Å²) in [7, 11) is 1.78. The Hall–Kier alpha value is -1.27. The van der Waals surface area contributed by atoms with Gasteiger partial charge in [-0.15, -0.1) is 0 Å². The third-order valence-electron chi connectivity index (χ3n) is 4.47. The van der Waals surface area contributed by atoms with Crippen molar-refractivity contribution in [3.8, 4) is 0 Å². The van der Waals surface area contributed by atoms with Crippen LogP contribution in [0.25, 0.3) is 0 Å². The zero-order chi connectivity index (χ0) is 18.4. The van der Waals surface area contributed by atoms with Gasteiger partial charge in [0.1, 0.15) is 4.90 Å². The molecule has 0 saturated heterocycles. The minimum absolute atomic E-state index is 0.111. The summed E-state index contributed by atoms with van der Waals surface area (Å²) < 4.78 is 28.9. The lowest BCUT2D eigenvalue weighted by molar-refractivity contribution is -0.143. The van der Waals surface area contributed by atoms with Crippen molar-refractivity contribution in [1.82, 2.24) is 0 Å². The van der Waals surface area contributed by atoms with Crippen LogP contribution in [0.4, 0.5) is 5.69 Å². The maximum atomic E-state index is 12.0. The third-order valence-corrected chi connectivity index (χ3v) is 5.82. The van der Waals surface area contributed by atoms with E-state index in [1.54, 1.807) is 13.0 Å². The highest BCUT2D eigenvalue weighted by Crippen LogP contribution is 2.35. The molecule has 1 unspecified atom stereocenters. The molecule has 5 nitrogen and oxygen atoms in total. The van der Waals surface area contributed by atoms with Crippen LogP contribution in [0.3, 0.4) is 0 Å². The first kappa shape index (κ1) is 20.0. The van der Waals surface area contributed by atoms with E-state index in [9.17, 15) is 13.2 Å². The molecule has 0 radical (unpaired) electrons. The number of rotatable bonds is 8. The molecule has 0 bridgehead atoms. The fourth-order valence-electron chi connectivity index (χ4n) is 3.24. The molecule has 1 heterocycles. The Kier molecular flexibility index (Phi) is 7.14. The van der Waals surface area contributed by atoms with E-state index in [1.807, 2.05) is 6.07 Å². The molecule has 1 aromatic rings. The van der Waals surface area contributed by atoms with E-state index in [1.165, 1.54) is 0 Å². The van der Waals surface area contributed by atoms with Gasteiger partial charge < -0.3 is 10.1 Å². The Bertz CT molecular complexity index is 718. The molecule has 0 aromatic heterocycles. The average Bonchev–Trinajstić information content (AvgIpc) is 2.56. The molecule has 0 aliphatic carbocycles. The van der Waals surface area contributed by atoms with E-state index in [0.717, 1.165) is 43.4 Å². The standard InChI is InChI=1S/C18H26ClNO4S/c1-3-5-6-14-10-15-9-13(7-8-17(21)24-4-2)11-16(25(19,22)23)18(15)20-12-14/h9,11,14,20H,3-8,10,12H2,1-2H3. The number of benzene rings is 1. The lowest BCUT2D eigenvalue weighted by Crippen LogP contribution is -2.24. The predicted octanol–water partition coefficient (Wildman–Crippen LogP) is 3.88. The second kappa shape index (κ2) is 8.90. The van der Waals surface area contributed by atoms with Gasteiger partial charge in [-0.1, -0.05) is 25.8 Å². The van der Waals surface area contributed by atoms with Gasteiger partial charge in [-0.3, -0.25) is 4.79 Å². The first-order chi connectivity index (χ1) is 11.8. The van der Waals surface area contributed by atoms with Crippen molar-refractivity contribution in [2.75, 3.05) is 18.5 Å². The molecular formula is C18H26ClNO4S. The highest BCUT2D eigenvalue weighted by Gasteiger charge is 2.26. The first-order valence-corrected chi connectivity index (χ1v) is 11.2. The third kappa shape index (κ3) is 5.61. The lowest BCUT2D eigenvalue weighted by atomic mass is 9.89. The summed E-state index contributed by atoms with van der Waals surface area (Å²) in [5.41, 5.74) is 2.37. The molecule has 25 heavy (non-hydrogen) atoms. The van der Waals surface area contributed by atoms with Gasteiger partial charge in [-0.05, 0) is 49.3 Å². The van der Waals surface area contributed by atoms with Crippen LogP contribution in [-0.2, 0) is 31.4 Å². The molecule has 1 aliphatic heterocycles. The monoisotopic (exact) mass is 387 g/mol. The smallest absolute Gasteiger partial charge is 0.306 e. The van der Waals surface area contributed by atoms with Crippen molar-refractivity contribution in [1.29, 1.82) is 0 Å². The van der Waals surface area contributed by atoms with Gasteiger partial charge >= 0.3 is 5.97 Å². The first-order valence-electron chi connectivity index (χ1n) is 8.85. The van der Waals surface area contributed by atoms with Crippen molar-refractivity contribution in [2.24, 2.45) is 5.92 Å². The second-order valence-corrected chi connectivity index (χ2v) is 9.00. The number of carbonyl (C=O) groups excluding carboxylic acids is 1. The van der Waals surface area contributed by atoms with Crippen LogP contribution in [0.1, 0.15) is 50.7 Å². The summed E-state index contributed by atoms with van der Waals surface area (Å²) in [5, 5.41) is 3.25. The molecule has 0 saturated carbocycles. The van der Waals surface area contributed by atoms with Crippen molar-refractivity contribution in [3.63, 3.8) is 0 Å². The van der Waals surface area contributed by atoms with E-state index in [2.05, 4.69) is 12.2 Å². The number of nitrogens with one attached hydrogen (secondary N) is 1. The number of unbranched alkanes of at least 4 members (excludes halogenated alkanes) is 1. The van der Waals surface area contributed by atoms with Crippen molar-refractivity contribution in [2.45, 2.75) is 57.3 Å². The van der Waals surface area contributed by atoms with Crippen LogP contribution < -0.4 is 5.32 Å². The molecule has 1 aliphatic rings. The lowest BCUT2D eigenvalue weighted by Gasteiger charge is -2.28. The maximum absolute atomic E-state index is 12.0. The normalized spacial score (nSPS) is 16.8. The molecule has 0 spiro atoms. The van der Waals surface area contributed by atoms with E-state index in [0.29, 0.717) is 24.6 Å². The van der Waals surface area contributed by atoms with Gasteiger partial charge in [0.25, 0.3) is 9.05 Å². The second-order valence-electron chi connectivity index (χ2n) is 6.46. The zero-order valence-corrected chi connectivity index (χ0v) is 16.4. The quantitative estimate of drug-likeness (QED) is 0.541. The summed E-state index contributed by atoms with van der Waals surface area (Å²) in [6, 6.07) is 3.56. The van der Waals surface area contributed by atoms with Gasteiger partial charge in [0.05, 0.1) is 12.3 Å². The molecule has 1 aromatic carbocycles. The average molecular weight is 388 g/mol. The summed E-state index contributed by atoms with van der Waals surface area (Å²) in [6.07, 6.45) is 4.90. The summed E-state index contributed by atoms with van der Waals surface area (Å²) >= 11 is 0. The van der Waals surface area contributed by atoms with Gasteiger partial charge in [-0.25, -0.2) is 8.42 Å². The number of carbonyl (C=O) groups is 1. The van der Waals surface area contributed by atoms with Crippen LogP contribution in [0.2, 0.25) is 0 Å². The molecule has 0 amide bonds. The van der Waals surface area contributed by atoms with Crippen molar-refractivity contribution in [3.05, 3.63) is 23.3 Å². The molecule has 0 fully saturated rings. The van der Waals surface area contributed by atoms with E-state index >= 15 is 0 Å². The van der Waals surface area contributed by atoms with Crippen LogP contribution in [0, 0.1) is 5.92 Å². The summed E-state index contributed by atoms with van der Waals surface area (Å²) in [4.78, 5) is 11.7. The Balaban J connectivity index is 2.26. The minimum atomic E-state index is -3.86. The van der Waals surface area contributed by atoms with Crippen molar-refractivity contribution < 1.29 is 17.9 Å². The topological polar surface area (TPSA) is 72.5 Å². The van der Waals surface area contributed by atoms with Crippen LogP contribution >= 0.6 is 10.7 Å². The number of esters is 1. The highest BCUT2D eigenvalue weighted by atomic mass is 35.7. The van der Waals surface area contributed by atoms with E-state index in [-0.39, 0.29) is 17.3 Å². The Morgan fingerprint density at radius 1 is 1.36 bits per heavy atom. The maximum Gasteiger partial charge on any atom is 0.306 e. The summed E-state index contributed by atoms with van der Waals surface area (Å²) in [5.74, 6) is 0.202. The van der Waals surface area contributed by atoms with Gasteiger partial charge in [0.2, 0.25) is 0 Å². The predicted molar refractivity (Wildman–Crippen MR) is 99.6 cm³/mol. The molecule has 1 atom stereocenters. The number of halogens is 1. The van der Waals surface area contributed by atoms with Crippen LogP contribution in [0.5, 0.6) is 0 Å². The number of anilines is 1. The number of fused-ring (bicyclic) bond motifs is 1. The molecule has 1 N–H and O–H groups in total. The molecule has 2 rings (SSSR count). The number of ether oxygens (including phenoxy) is 1. The SMILES string of the molecule is CCCCC1CNc2c(cc(CCC(=O)OCC)cc2S(=O)(=O)Cl)C1. The fraction of sp³-hybridized carbons (Fsp3) is 0.611. The number of hydrogen-bond donors (Lipinski definition) is 1. The Morgan fingerprint density at radius 3 is 2.76 bits per heavy atom. The largest absolute Gasteiger partial charge is 0.466 e. The van der Waals surface area contributed by atoms with Gasteiger partial charge in [-0.2, -0.15) is 0 Å². The minimum Gasteiger partial charge on any atom is -0.466 e. The number of aryl methyl sites for hydroxylation is 1. The van der Waals surface area contributed by atoms with Gasteiger partial charge in [0.15, 0.2) is 0 Å². The molecular weight excluding hydrogens is 362 g/mol. The summed E-state index contributed by atoms with van der Waals surface area (Å²) in [6.45, 7) is 5.02.